The van der Waals surface area contributed by atoms with Crippen LogP contribution in [0.1, 0.15) is 15.9 Å². The quantitative estimate of drug-likeness (QED) is 0.908. The van der Waals surface area contributed by atoms with E-state index in [-0.39, 0.29) is 5.56 Å². The minimum Gasteiger partial charge on any atom is -0.478 e. The van der Waals surface area contributed by atoms with Crippen molar-refractivity contribution >= 4 is 33.3 Å². The Bertz CT molecular complexity index is 680. The zero-order valence-electron chi connectivity index (χ0n) is 9.59. The number of hydrogen-bond donors (Lipinski definition) is 2. The van der Waals surface area contributed by atoms with Gasteiger partial charge in [0.05, 0.1) is 16.9 Å². The SMILES string of the molecule is N#Cc1ccc(Br)cc1Nc1ccncc1C(=O)O. The number of halogens is 1. The molecule has 19 heavy (non-hydrogen) atoms. The van der Waals surface area contributed by atoms with Gasteiger partial charge in [0, 0.05) is 16.9 Å². The predicted octanol–water partition coefficient (Wildman–Crippen LogP) is 3.16. The molecule has 1 aromatic heterocycles. The highest BCUT2D eigenvalue weighted by atomic mass is 79.9. The second-order valence-corrected chi connectivity index (χ2v) is 4.57. The molecule has 0 radical (unpaired) electrons. The average Bonchev–Trinajstić information content (AvgIpc) is 2.39. The first-order valence-electron chi connectivity index (χ1n) is 5.26. The van der Waals surface area contributed by atoms with Gasteiger partial charge < -0.3 is 10.4 Å². The average molecular weight is 318 g/mol. The molecule has 0 unspecified atom stereocenters. The number of carboxylic acids is 1. The lowest BCUT2D eigenvalue weighted by atomic mass is 10.1. The van der Waals surface area contributed by atoms with E-state index in [2.05, 4.69) is 26.2 Å². The summed E-state index contributed by atoms with van der Waals surface area (Å²) in [5.41, 5.74) is 1.39. The summed E-state index contributed by atoms with van der Waals surface area (Å²) < 4.78 is 0.792. The summed E-state index contributed by atoms with van der Waals surface area (Å²) in [7, 11) is 0. The zero-order valence-corrected chi connectivity index (χ0v) is 11.2. The van der Waals surface area contributed by atoms with Gasteiger partial charge in [-0.3, -0.25) is 4.98 Å². The molecular weight excluding hydrogens is 310 g/mol. The molecule has 0 aliphatic heterocycles. The van der Waals surface area contributed by atoms with Crippen LogP contribution in [0.5, 0.6) is 0 Å². The summed E-state index contributed by atoms with van der Waals surface area (Å²) in [6, 6.07) is 8.70. The number of aromatic nitrogens is 1. The first kappa shape index (κ1) is 13.1. The molecule has 2 rings (SSSR count). The number of nitrogens with one attached hydrogen (secondary N) is 1. The Morgan fingerprint density at radius 3 is 2.84 bits per heavy atom. The molecule has 0 fully saturated rings. The lowest BCUT2D eigenvalue weighted by Crippen LogP contribution is -2.04. The molecule has 0 amide bonds. The van der Waals surface area contributed by atoms with Crippen LogP contribution in [-0.2, 0) is 0 Å². The molecule has 1 heterocycles. The minimum atomic E-state index is -1.08. The monoisotopic (exact) mass is 317 g/mol. The summed E-state index contributed by atoms with van der Waals surface area (Å²) in [4.78, 5) is 14.9. The highest BCUT2D eigenvalue weighted by molar-refractivity contribution is 9.10. The van der Waals surface area contributed by atoms with Gasteiger partial charge >= 0.3 is 5.97 Å². The van der Waals surface area contributed by atoms with E-state index < -0.39 is 5.97 Å². The molecule has 2 aromatic rings. The largest absolute Gasteiger partial charge is 0.478 e. The van der Waals surface area contributed by atoms with Crippen LogP contribution in [0.15, 0.2) is 41.1 Å². The van der Waals surface area contributed by atoms with Crippen LogP contribution in [0.2, 0.25) is 0 Å². The van der Waals surface area contributed by atoms with Crippen molar-refractivity contribution in [2.75, 3.05) is 5.32 Å². The minimum absolute atomic E-state index is 0.0476. The van der Waals surface area contributed by atoms with Crippen LogP contribution in [0, 0.1) is 11.3 Å². The molecule has 0 aliphatic rings. The molecule has 6 heteroatoms. The number of hydrogen-bond acceptors (Lipinski definition) is 4. The Hall–Kier alpha value is -2.39. The van der Waals surface area contributed by atoms with Crippen molar-refractivity contribution in [3.63, 3.8) is 0 Å². The number of carboxylic acid groups (broad SMARTS) is 1. The molecule has 5 nitrogen and oxygen atoms in total. The summed E-state index contributed by atoms with van der Waals surface area (Å²) >= 11 is 3.31. The maximum atomic E-state index is 11.1. The number of carbonyl (C=O) groups is 1. The van der Waals surface area contributed by atoms with Gasteiger partial charge in [-0.15, -0.1) is 0 Å². The van der Waals surface area contributed by atoms with Crippen molar-refractivity contribution in [2.24, 2.45) is 0 Å². The van der Waals surface area contributed by atoms with Gasteiger partial charge in [0.2, 0.25) is 0 Å². The van der Waals surface area contributed by atoms with Crippen LogP contribution in [0.3, 0.4) is 0 Å². The summed E-state index contributed by atoms with van der Waals surface area (Å²) in [5, 5.41) is 21.0. The number of pyridine rings is 1. The fraction of sp³-hybridized carbons (Fsp3) is 0. The van der Waals surface area contributed by atoms with Crippen LogP contribution in [-0.4, -0.2) is 16.1 Å². The Labute approximate surface area is 117 Å². The van der Waals surface area contributed by atoms with E-state index in [9.17, 15) is 4.79 Å². The highest BCUT2D eigenvalue weighted by Gasteiger charge is 2.11. The van der Waals surface area contributed by atoms with Gasteiger partial charge in [0.25, 0.3) is 0 Å². The van der Waals surface area contributed by atoms with Crippen molar-refractivity contribution in [3.8, 4) is 6.07 Å². The van der Waals surface area contributed by atoms with Crippen LogP contribution in [0.4, 0.5) is 11.4 Å². The zero-order chi connectivity index (χ0) is 13.8. The Kier molecular flexibility index (Phi) is 3.78. The molecule has 0 saturated carbocycles. The fourth-order valence-electron chi connectivity index (χ4n) is 1.54. The number of benzene rings is 1. The fourth-order valence-corrected chi connectivity index (χ4v) is 1.90. The molecule has 2 N–H and O–H groups in total. The van der Waals surface area contributed by atoms with Crippen molar-refractivity contribution in [1.82, 2.24) is 4.98 Å². The number of nitriles is 1. The van der Waals surface area contributed by atoms with E-state index in [1.54, 1.807) is 24.3 Å². The maximum Gasteiger partial charge on any atom is 0.339 e. The molecule has 0 bridgehead atoms. The number of aromatic carboxylic acids is 1. The van der Waals surface area contributed by atoms with Crippen molar-refractivity contribution in [1.29, 1.82) is 5.26 Å². The van der Waals surface area contributed by atoms with E-state index in [0.29, 0.717) is 16.9 Å². The summed E-state index contributed by atoms with van der Waals surface area (Å²) in [5.74, 6) is -1.08. The van der Waals surface area contributed by atoms with Gasteiger partial charge in [-0.2, -0.15) is 5.26 Å². The Balaban J connectivity index is 2.45. The number of rotatable bonds is 3. The summed E-state index contributed by atoms with van der Waals surface area (Å²) in [6.07, 6.45) is 2.74. The molecule has 1 aromatic carbocycles. The van der Waals surface area contributed by atoms with Crippen LogP contribution in [0.25, 0.3) is 0 Å². The van der Waals surface area contributed by atoms with Crippen molar-refractivity contribution in [2.45, 2.75) is 0 Å². The van der Waals surface area contributed by atoms with Gasteiger partial charge in [-0.1, -0.05) is 15.9 Å². The van der Waals surface area contributed by atoms with Gasteiger partial charge in [0.1, 0.15) is 11.6 Å². The van der Waals surface area contributed by atoms with Gasteiger partial charge in [-0.25, -0.2) is 4.79 Å². The molecule has 0 atom stereocenters. The number of anilines is 2. The first-order valence-corrected chi connectivity index (χ1v) is 6.05. The third-order valence-electron chi connectivity index (χ3n) is 2.42. The third-order valence-corrected chi connectivity index (χ3v) is 2.92. The lowest BCUT2D eigenvalue weighted by molar-refractivity contribution is 0.0697. The highest BCUT2D eigenvalue weighted by Crippen LogP contribution is 2.26. The predicted molar refractivity (Wildman–Crippen MR) is 73.3 cm³/mol. The van der Waals surface area contributed by atoms with E-state index in [1.165, 1.54) is 12.4 Å². The van der Waals surface area contributed by atoms with E-state index in [1.807, 2.05) is 6.07 Å². The second-order valence-electron chi connectivity index (χ2n) is 3.65. The maximum absolute atomic E-state index is 11.1. The normalized spacial score (nSPS) is 9.68. The standard InChI is InChI=1S/C13H8BrN3O2/c14-9-2-1-8(6-15)12(5-9)17-11-3-4-16-7-10(11)13(18)19/h1-5,7H,(H,16,17)(H,18,19). The molecule has 94 valence electrons. The topological polar surface area (TPSA) is 86.0 Å². The molecular formula is C13H8BrN3O2. The van der Waals surface area contributed by atoms with Crippen molar-refractivity contribution < 1.29 is 9.90 Å². The lowest BCUT2D eigenvalue weighted by Gasteiger charge is -2.10. The molecule has 0 saturated heterocycles. The van der Waals surface area contributed by atoms with Crippen LogP contribution < -0.4 is 5.32 Å². The Morgan fingerprint density at radius 1 is 1.37 bits per heavy atom. The van der Waals surface area contributed by atoms with Crippen molar-refractivity contribution in [3.05, 3.63) is 52.3 Å². The van der Waals surface area contributed by atoms with E-state index in [0.717, 1.165) is 4.47 Å². The molecule has 0 spiro atoms. The summed E-state index contributed by atoms with van der Waals surface area (Å²) in [6.45, 7) is 0. The second kappa shape index (κ2) is 5.50. The van der Waals surface area contributed by atoms with E-state index in [4.69, 9.17) is 10.4 Å². The number of nitrogens with zero attached hydrogens (tertiary/aromatic N) is 2. The van der Waals surface area contributed by atoms with Crippen LogP contribution >= 0.6 is 15.9 Å². The molecule has 0 aliphatic carbocycles. The third kappa shape index (κ3) is 2.89. The smallest absolute Gasteiger partial charge is 0.339 e. The van der Waals surface area contributed by atoms with E-state index >= 15 is 0 Å². The van der Waals surface area contributed by atoms with Gasteiger partial charge in [-0.05, 0) is 24.3 Å². The first-order chi connectivity index (χ1) is 9.11. The van der Waals surface area contributed by atoms with Gasteiger partial charge in [0.15, 0.2) is 0 Å². The Morgan fingerprint density at radius 2 is 2.16 bits per heavy atom.